The van der Waals surface area contributed by atoms with Gasteiger partial charge in [-0.3, -0.25) is 9.52 Å². The van der Waals surface area contributed by atoms with E-state index in [0.29, 0.717) is 10.6 Å². The number of anilines is 2. The molecule has 0 fully saturated rings. The van der Waals surface area contributed by atoms with Gasteiger partial charge >= 0.3 is 0 Å². The van der Waals surface area contributed by atoms with Gasteiger partial charge in [-0.05, 0) is 30.3 Å². The maximum atomic E-state index is 13.3. The summed E-state index contributed by atoms with van der Waals surface area (Å²) in [5.74, 6) is -0.837. The molecule has 0 saturated heterocycles. The summed E-state index contributed by atoms with van der Waals surface area (Å²) in [6.45, 7) is 0. The Bertz CT molecular complexity index is 1410. The summed E-state index contributed by atoms with van der Waals surface area (Å²) in [5, 5.41) is 7.95. The number of hydrogen-bond donors (Lipinski definition) is 2. The fraction of sp³-hybridized carbons (Fsp3) is 0.111. The molecule has 33 heavy (non-hydrogen) atoms. The molecule has 0 atom stereocenters. The van der Waals surface area contributed by atoms with Crippen LogP contribution in [-0.4, -0.2) is 33.9 Å². The van der Waals surface area contributed by atoms with E-state index in [0.717, 1.165) is 17.4 Å². The van der Waals surface area contributed by atoms with Crippen LogP contribution in [0.1, 0.15) is 34.7 Å². The summed E-state index contributed by atoms with van der Waals surface area (Å²) in [7, 11) is -3.89. The highest BCUT2D eigenvalue weighted by Crippen LogP contribution is 2.26. The molecule has 172 valence electrons. The van der Waals surface area contributed by atoms with Crippen molar-refractivity contribution in [3.8, 4) is 0 Å². The van der Waals surface area contributed by atoms with E-state index in [1.165, 1.54) is 30.5 Å². The summed E-state index contributed by atoms with van der Waals surface area (Å²) in [5.41, 5.74) is -2.22. The van der Waals surface area contributed by atoms with Gasteiger partial charge in [-0.1, -0.05) is 0 Å². The zero-order chi connectivity index (χ0) is 23.8. The Labute approximate surface area is 187 Å². The maximum Gasteiger partial charge on any atom is 0.280 e. The number of benzene rings is 1. The molecule has 0 saturated carbocycles. The predicted molar refractivity (Wildman–Crippen MR) is 110 cm³/mol. The van der Waals surface area contributed by atoms with Crippen molar-refractivity contribution in [3.63, 3.8) is 0 Å². The van der Waals surface area contributed by atoms with Gasteiger partial charge in [-0.2, -0.15) is 5.10 Å². The molecular weight excluding hydrogens is 488 g/mol. The number of nitrogens with zero attached hydrogens (tertiary/aromatic N) is 4. The van der Waals surface area contributed by atoms with Gasteiger partial charge in [-0.15, -0.1) is 11.3 Å². The molecule has 9 nitrogen and oxygen atoms in total. The first-order chi connectivity index (χ1) is 15.6. The highest BCUT2D eigenvalue weighted by molar-refractivity contribution is 7.93. The Balaban J connectivity index is 1.55. The van der Waals surface area contributed by atoms with Crippen molar-refractivity contribution in [3.05, 3.63) is 65.1 Å². The second kappa shape index (κ2) is 8.74. The van der Waals surface area contributed by atoms with E-state index in [-0.39, 0.29) is 27.1 Å². The van der Waals surface area contributed by atoms with Crippen molar-refractivity contribution >= 4 is 43.7 Å². The van der Waals surface area contributed by atoms with E-state index in [1.807, 2.05) is 0 Å². The number of carbonyl (C=O) groups excluding carboxylic acids is 1. The van der Waals surface area contributed by atoms with Crippen LogP contribution in [0.25, 0.3) is 5.65 Å². The number of amides is 1. The third-order valence-electron chi connectivity index (χ3n) is 4.23. The maximum absolute atomic E-state index is 13.3. The molecule has 2 N–H and O–H groups in total. The number of rotatable bonds is 7. The third-order valence-corrected chi connectivity index (χ3v) is 6.40. The quantitative estimate of drug-likeness (QED) is 0.369. The number of hydrogen-bond acceptors (Lipinski definition) is 7. The second-order valence-corrected chi connectivity index (χ2v) is 9.01. The first-order valence-corrected chi connectivity index (χ1v) is 11.3. The summed E-state index contributed by atoms with van der Waals surface area (Å²) in [4.78, 5) is 19.8. The molecule has 0 bridgehead atoms. The number of carbonyl (C=O) groups is 1. The molecular formula is C18H12F4N6O3S2. The fourth-order valence-corrected chi connectivity index (χ4v) is 4.55. The van der Waals surface area contributed by atoms with Crippen molar-refractivity contribution in [2.45, 2.75) is 17.7 Å². The molecule has 4 rings (SSSR count). The van der Waals surface area contributed by atoms with E-state index < -0.39 is 40.2 Å². The first-order valence-electron chi connectivity index (χ1n) is 8.94. The van der Waals surface area contributed by atoms with Gasteiger partial charge in [-0.25, -0.2) is 40.5 Å². The van der Waals surface area contributed by atoms with Gasteiger partial charge in [0.25, 0.3) is 28.8 Å². The highest BCUT2D eigenvalue weighted by atomic mass is 32.2. The van der Waals surface area contributed by atoms with Crippen LogP contribution in [0.3, 0.4) is 0 Å². The summed E-state index contributed by atoms with van der Waals surface area (Å²) >= 11 is 1.10. The highest BCUT2D eigenvalue weighted by Gasteiger charge is 2.22. The number of nitrogens with one attached hydrogen (secondary N) is 2. The van der Waals surface area contributed by atoms with Crippen LogP contribution >= 0.6 is 11.3 Å². The Morgan fingerprint density at radius 3 is 2.39 bits per heavy atom. The van der Waals surface area contributed by atoms with Crippen molar-refractivity contribution in [2.24, 2.45) is 0 Å². The van der Waals surface area contributed by atoms with Crippen molar-refractivity contribution in [1.82, 2.24) is 19.6 Å². The van der Waals surface area contributed by atoms with Crippen molar-refractivity contribution in [1.29, 1.82) is 0 Å². The van der Waals surface area contributed by atoms with Crippen LogP contribution in [0, 0.1) is 0 Å². The van der Waals surface area contributed by atoms with Crippen molar-refractivity contribution < 1.29 is 30.8 Å². The van der Waals surface area contributed by atoms with Gasteiger partial charge in [0.15, 0.2) is 16.5 Å². The number of aromatic nitrogens is 4. The van der Waals surface area contributed by atoms with Gasteiger partial charge in [0.1, 0.15) is 11.4 Å². The normalized spacial score (nSPS) is 11.9. The fourth-order valence-electron chi connectivity index (χ4n) is 2.76. The predicted octanol–water partition coefficient (Wildman–Crippen LogP) is 4.11. The van der Waals surface area contributed by atoms with Crippen LogP contribution in [-0.2, 0) is 10.0 Å². The average Bonchev–Trinajstić information content (AvgIpc) is 3.42. The van der Waals surface area contributed by atoms with E-state index >= 15 is 0 Å². The van der Waals surface area contributed by atoms with Gasteiger partial charge in [0, 0.05) is 23.3 Å². The topological polar surface area (TPSA) is 118 Å². The van der Waals surface area contributed by atoms with Gasteiger partial charge in [0.05, 0.1) is 4.90 Å². The number of fused-ring (bicyclic) bond motifs is 1. The van der Waals surface area contributed by atoms with Crippen LogP contribution < -0.4 is 10.0 Å². The average molecular weight is 500 g/mol. The van der Waals surface area contributed by atoms with Crippen LogP contribution in [0.15, 0.2) is 52.9 Å². The smallest absolute Gasteiger partial charge is 0.280 e. The van der Waals surface area contributed by atoms with Gasteiger partial charge < -0.3 is 5.32 Å². The second-order valence-electron chi connectivity index (χ2n) is 6.43. The summed E-state index contributed by atoms with van der Waals surface area (Å²) in [6.07, 6.45) is -4.77. The Morgan fingerprint density at radius 1 is 1.06 bits per heavy atom. The molecule has 0 aliphatic rings. The van der Waals surface area contributed by atoms with Gasteiger partial charge in [0.2, 0.25) is 0 Å². The largest absolute Gasteiger partial charge is 0.321 e. The molecule has 0 spiro atoms. The summed E-state index contributed by atoms with van der Waals surface area (Å²) < 4.78 is 80.0. The lowest BCUT2D eigenvalue weighted by atomic mass is 10.3. The monoisotopic (exact) mass is 500 g/mol. The van der Waals surface area contributed by atoms with Crippen molar-refractivity contribution in [2.75, 3.05) is 10.0 Å². The molecule has 4 aromatic rings. The number of halogens is 4. The molecule has 3 heterocycles. The lowest BCUT2D eigenvalue weighted by Gasteiger charge is -2.07. The molecule has 1 aromatic carbocycles. The van der Waals surface area contributed by atoms with E-state index in [4.69, 9.17) is 0 Å². The zero-order valence-electron chi connectivity index (χ0n) is 16.1. The van der Waals surface area contributed by atoms with E-state index in [9.17, 15) is 30.8 Å². The van der Waals surface area contributed by atoms with Crippen LogP contribution in [0.5, 0.6) is 0 Å². The first kappa shape index (κ1) is 22.6. The Morgan fingerprint density at radius 2 is 1.79 bits per heavy atom. The molecule has 3 aromatic heterocycles. The molecule has 0 aliphatic heterocycles. The number of sulfonamides is 1. The number of alkyl halides is 4. The molecule has 0 unspecified atom stereocenters. The third kappa shape index (κ3) is 4.78. The Kier molecular flexibility index (Phi) is 5.99. The lowest BCUT2D eigenvalue weighted by molar-refractivity contribution is 0.102. The molecule has 15 heteroatoms. The van der Waals surface area contributed by atoms with Crippen LogP contribution in [0.4, 0.5) is 28.4 Å². The molecule has 0 radical (unpaired) electrons. The van der Waals surface area contributed by atoms with E-state index in [2.05, 4.69) is 25.1 Å². The van der Waals surface area contributed by atoms with E-state index in [1.54, 1.807) is 5.38 Å². The minimum atomic E-state index is -3.89. The summed E-state index contributed by atoms with van der Waals surface area (Å²) in [6, 6.07) is 6.60. The lowest BCUT2D eigenvalue weighted by Crippen LogP contribution is -2.14. The minimum Gasteiger partial charge on any atom is -0.321 e. The Hall–Kier alpha value is -3.59. The van der Waals surface area contributed by atoms with Crippen LogP contribution in [0.2, 0.25) is 0 Å². The zero-order valence-corrected chi connectivity index (χ0v) is 17.7. The molecule has 1 amide bonds. The SMILES string of the molecule is O=C(Nc1ccc(S(=O)(=O)Nc2nccs2)cc1)c1cc2nc(C(F)F)cc(C(F)F)n2n1. The number of thiazole rings is 1. The standard InChI is InChI=1S/C18H12F4N6O3S2/c19-15(20)11-7-13(16(21)22)28-14(25-11)8-12(26-28)17(29)24-9-1-3-10(4-2-9)33(30,31)27-18-23-5-6-32-18/h1-8,15-16H,(H,23,27)(H,24,29). The minimum absolute atomic E-state index is 0.0891. The molecule has 0 aliphatic carbocycles.